The molecule has 1 aromatic rings. The Morgan fingerprint density at radius 3 is 2.53 bits per heavy atom. The molecule has 0 atom stereocenters. The molecule has 0 spiro atoms. The second-order valence-corrected chi connectivity index (χ2v) is 7.19. The predicted molar refractivity (Wildman–Crippen MR) is 114 cm³/mol. The Kier molecular flexibility index (Phi) is 9.61. The first-order valence-electron chi connectivity index (χ1n) is 10.2. The van der Waals surface area contributed by atoms with E-state index in [1.807, 2.05) is 6.08 Å². The van der Waals surface area contributed by atoms with Gasteiger partial charge in [0.15, 0.2) is 0 Å². The Labute approximate surface area is 184 Å². The Balaban J connectivity index is 0.00000114. The summed E-state index contributed by atoms with van der Waals surface area (Å²) in [5.74, 6) is -0.0440. The van der Waals surface area contributed by atoms with Gasteiger partial charge in [0, 0.05) is 25.7 Å². The van der Waals surface area contributed by atoms with Crippen LogP contribution in [0.15, 0.2) is 53.6 Å². The van der Waals surface area contributed by atoms with Crippen molar-refractivity contribution >= 4 is 18.1 Å². The van der Waals surface area contributed by atoms with Crippen molar-refractivity contribution in [1.82, 2.24) is 15.4 Å². The highest BCUT2D eigenvalue weighted by Gasteiger charge is 2.34. The van der Waals surface area contributed by atoms with Crippen molar-refractivity contribution in [3.8, 4) is 0 Å². The third kappa shape index (κ3) is 7.31. The van der Waals surface area contributed by atoms with E-state index < -0.39 is 11.9 Å². The van der Waals surface area contributed by atoms with Gasteiger partial charge in [-0.3, -0.25) is 9.69 Å². The molecule has 7 nitrogen and oxygen atoms in total. The van der Waals surface area contributed by atoms with Gasteiger partial charge in [0.1, 0.15) is 17.8 Å². The summed E-state index contributed by atoms with van der Waals surface area (Å²) in [7, 11) is 1.43. The average molecular weight is 452 g/mol. The van der Waals surface area contributed by atoms with Crippen LogP contribution in [0.25, 0.3) is 0 Å². The van der Waals surface area contributed by atoms with Crippen molar-refractivity contribution in [1.29, 1.82) is 0 Å². The number of amides is 2. The van der Waals surface area contributed by atoms with E-state index in [0.29, 0.717) is 25.1 Å². The number of carbonyl (C=O) groups excluding carboxylic acids is 2. The number of nitrogens with one attached hydrogen (secondary N) is 1. The fraction of sp³-hybridized carbons (Fsp3) is 0.409. The lowest BCUT2D eigenvalue weighted by molar-refractivity contribution is -0.141. The van der Waals surface area contributed by atoms with Crippen molar-refractivity contribution in [3.05, 3.63) is 59.3 Å². The van der Waals surface area contributed by atoms with Gasteiger partial charge in [0.05, 0.1) is 6.54 Å². The van der Waals surface area contributed by atoms with Crippen LogP contribution in [0.4, 0.5) is 23.8 Å². The van der Waals surface area contributed by atoms with E-state index >= 15 is 0 Å². The maximum atomic E-state index is 13.1. The topological polar surface area (TPSA) is 85.8 Å². The minimum absolute atomic E-state index is 0.0440. The molecule has 1 aliphatic heterocycles. The SMILES string of the molecule is CNO.O=CC1=CCC=C(CN(C(=O)N2CCCCC2)c2cccc(C(F)(F)F)n2)C=C1. The Morgan fingerprint density at radius 1 is 1.22 bits per heavy atom. The molecule has 0 radical (unpaired) electrons. The second kappa shape index (κ2) is 12.2. The van der Waals surface area contributed by atoms with Crippen molar-refractivity contribution in [2.24, 2.45) is 0 Å². The number of anilines is 1. The number of nitrogens with zero attached hydrogens (tertiary/aromatic N) is 3. The average Bonchev–Trinajstić information content (AvgIpc) is 3.03. The van der Waals surface area contributed by atoms with Crippen LogP contribution in [-0.4, -0.2) is 54.1 Å². The number of rotatable bonds is 4. The number of likely N-dealkylation sites (tertiary alicyclic amines) is 1. The van der Waals surface area contributed by atoms with Crippen molar-refractivity contribution in [3.63, 3.8) is 0 Å². The van der Waals surface area contributed by atoms with Crippen LogP contribution in [0, 0.1) is 0 Å². The first kappa shape index (κ1) is 25.3. The number of allylic oxidation sites excluding steroid dienone is 4. The van der Waals surface area contributed by atoms with Gasteiger partial charge in [-0.2, -0.15) is 13.2 Å². The van der Waals surface area contributed by atoms with Gasteiger partial charge in [-0.05, 0) is 43.4 Å². The predicted octanol–water partition coefficient (Wildman–Crippen LogP) is 4.12. The number of pyridine rings is 1. The number of carbonyl (C=O) groups is 2. The van der Waals surface area contributed by atoms with E-state index in [1.54, 1.807) is 28.6 Å². The maximum Gasteiger partial charge on any atom is 0.433 e. The van der Waals surface area contributed by atoms with Crippen LogP contribution in [0.5, 0.6) is 0 Å². The van der Waals surface area contributed by atoms with Crippen molar-refractivity contribution in [2.45, 2.75) is 31.9 Å². The molecule has 1 fully saturated rings. The second-order valence-electron chi connectivity index (χ2n) is 7.19. The Hall–Kier alpha value is -2.98. The third-order valence-electron chi connectivity index (χ3n) is 4.86. The van der Waals surface area contributed by atoms with E-state index in [9.17, 15) is 22.8 Å². The van der Waals surface area contributed by atoms with Crippen LogP contribution < -0.4 is 10.4 Å². The Morgan fingerprint density at radius 2 is 1.91 bits per heavy atom. The van der Waals surface area contributed by atoms with E-state index in [4.69, 9.17) is 5.21 Å². The van der Waals surface area contributed by atoms with Gasteiger partial charge in [-0.25, -0.2) is 15.3 Å². The minimum atomic E-state index is -4.60. The molecule has 2 N–H and O–H groups in total. The third-order valence-corrected chi connectivity index (χ3v) is 4.86. The molecule has 32 heavy (non-hydrogen) atoms. The summed E-state index contributed by atoms with van der Waals surface area (Å²) in [5.41, 5.74) is 1.95. The summed E-state index contributed by atoms with van der Waals surface area (Å²) >= 11 is 0. The molecule has 10 heteroatoms. The van der Waals surface area contributed by atoms with E-state index in [0.717, 1.165) is 37.2 Å². The molecule has 2 amide bonds. The number of aldehydes is 1. The molecule has 0 saturated carbocycles. The summed E-state index contributed by atoms with van der Waals surface area (Å²) in [5, 5.41) is 7.32. The summed E-state index contributed by atoms with van der Waals surface area (Å²) in [6.45, 7) is 1.21. The lowest BCUT2D eigenvalue weighted by Gasteiger charge is -2.33. The van der Waals surface area contributed by atoms with E-state index in [1.165, 1.54) is 24.1 Å². The highest BCUT2D eigenvalue weighted by atomic mass is 19.4. The molecule has 3 rings (SSSR count). The first-order valence-corrected chi connectivity index (χ1v) is 10.2. The van der Waals surface area contributed by atoms with Gasteiger partial charge in [0.2, 0.25) is 0 Å². The molecule has 2 aliphatic rings. The largest absolute Gasteiger partial charge is 0.433 e. The molecule has 2 heterocycles. The number of hydrogen-bond acceptors (Lipinski definition) is 5. The van der Waals surface area contributed by atoms with Gasteiger partial charge in [-0.15, -0.1) is 0 Å². The standard InChI is InChI=1S/C21H22F3N3O2.CH5NO/c22-21(23,24)18-8-5-9-19(25-18)27(20(29)26-12-2-1-3-13-26)14-16-6-4-7-17(15-28)11-10-16;1-2-3/h5-11,15H,1-4,12-14H2;2-3H,1H3. The fourth-order valence-electron chi connectivity index (χ4n) is 3.31. The number of alkyl halides is 3. The zero-order valence-electron chi connectivity index (χ0n) is 17.8. The summed E-state index contributed by atoms with van der Waals surface area (Å²) in [4.78, 5) is 30.8. The summed E-state index contributed by atoms with van der Waals surface area (Å²) in [6.07, 6.45) is 6.32. The molecule has 0 aromatic carbocycles. The zero-order valence-corrected chi connectivity index (χ0v) is 17.8. The minimum Gasteiger partial charge on any atom is -0.324 e. The molecule has 0 bridgehead atoms. The van der Waals surface area contributed by atoms with Gasteiger partial charge < -0.3 is 10.1 Å². The highest BCUT2D eigenvalue weighted by Crippen LogP contribution is 2.29. The van der Waals surface area contributed by atoms with E-state index in [2.05, 4.69) is 4.98 Å². The lowest BCUT2D eigenvalue weighted by atomic mass is 10.1. The highest BCUT2D eigenvalue weighted by molar-refractivity contribution is 5.91. The number of piperidine rings is 1. The lowest BCUT2D eigenvalue weighted by Crippen LogP contribution is -2.46. The number of urea groups is 1. The van der Waals surface area contributed by atoms with Crippen LogP contribution in [0.2, 0.25) is 0 Å². The summed E-state index contributed by atoms with van der Waals surface area (Å²) in [6, 6.07) is 3.19. The molecule has 0 unspecified atom stereocenters. The number of halogens is 3. The van der Waals surface area contributed by atoms with Gasteiger partial charge >= 0.3 is 12.2 Å². The fourth-order valence-corrected chi connectivity index (χ4v) is 3.31. The zero-order chi connectivity index (χ0) is 23.6. The number of aromatic nitrogens is 1. The maximum absolute atomic E-state index is 13.1. The van der Waals surface area contributed by atoms with Crippen LogP contribution in [0.1, 0.15) is 31.4 Å². The van der Waals surface area contributed by atoms with Crippen LogP contribution in [0.3, 0.4) is 0 Å². The molecular formula is C22H27F3N4O3. The summed E-state index contributed by atoms with van der Waals surface area (Å²) < 4.78 is 39.4. The molecule has 1 saturated heterocycles. The first-order chi connectivity index (χ1) is 15.3. The van der Waals surface area contributed by atoms with Crippen molar-refractivity contribution in [2.75, 3.05) is 31.6 Å². The smallest absolute Gasteiger partial charge is 0.324 e. The molecule has 1 aromatic heterocycles. The number of hydrogen-bond donors (Lipinski definition) is 2. The van der Waals surface area contributed by atoms with Gasteiger partial charge in [0.25, 0.3) is 0 Å². The monoisotopic (exact) mass is 452 g/mol. The number of hydroxylamine groups is 1. The van der Waals surface area contributed by atoms with Crippen molar-refractivity contribution < 1.29 is 28.0 Å². The van der Waals surface area contributed by atoms with Crippen LogP contribution >= 0.6 is 0 Å². The Bertz CT molecular complexity index is 875. The molecular weight excluding hydrogens is 425 g/mol. The van der Waals surface area contributed by atoms with Crippen LogP contribution in [-0.2, 0) is 11.0 Å². The van der Waals surface area contributed by atoms with E-state index in [-0.39, 0.29) is 18.4 Å². The quantitative estimate of drug-likeness (QED) is 0.530. The normalized spacial score (nSPS) is 16.2. The molecule has 1 aliphatic carbocycles. The van der Waals surface area contributed by atoms with Gasteiger partial charge in [-0.1, -0.05) is 30.4 Å². The molecule has 174 valence electrons.